The SMILES string of the molecule is Cc1cc(F)cc2c1nc(N)n1nc(CCl)nc21.ClCl.N#CN.Nc1cc(F)cc(F)c1C(=O)O.Nc1nc(-n2cncn2)c2cc(F)cc(F)c2n1.Nc1nc(NCC(=O)CO)c2cc(F)cc(F)c2n1.Nc1nc2c(F)cc(F)cc2c(=O)[nH]1.Nc1nc2c(F)cc(F)cc2c2nc(CO)nn12.O=P(Cl)(Cl)Cl.O=S.c1nc[nH]n1. The maximum Gasteiger partial charge on any atom is 0.340 e. The maximum absolute atomic E-state index is 13.6. The topological polar surface area (TPSA) is 603 Å². The van der Waals surface area contributed by atoms with Crippen molar-refractivity contribution in [3.8, 4) is 12.0 Å². The molecule has 0 saturated carbocycles. The first kappa shape index (κ1) is 93.8. The van der Waals surface area contributed by atoms with Crippen LogP contribution in [0.4, 0.5) is 89.5 Å². The Morgan fingerprint density at radius 3 is 1.50 bits per heavy atom. The number of anilines is 7. The van der Waals surface area contributed by atoms with Gasteiger partial charge in [0.25, 0.3) is 5.56 Å². The fourth-order valence-electron chi connectivity index (χ4n) is 9.10. The molecule has 0 unspecified atom stereocenters. The lowest BCUT2D eigenvalue weighted by molar-refractivity contribution is -0.120. The highest BCUT2D eigenvalue weighted by Crippen LogP contribution is 2.61. The number of H-pyrrole nitrogens is 2. The molecule has 20 N–H and O–H groups in total. The normalized spacial score (nSPS) is 10.3. The number of rotatable bonds is 8. The fraction of sp³-hybridized carbons (Fsp3) is 0.0833. The lowest BCUT2D eigenvalue weighted by Crippen LogP contribution is -2.18. The van der Waals surface area contributed by atoms with Crippen molar-refractivity contribution in [3.05, 3.63) is 195 Å². The van der Waals surface area contributed by atoms with Crippen molar-refractivity contribution in [2.75, 3.05) is 52.9 Å². The van der Waals surface area contributed by atoms with Crippen LogP contribution >= 0.6 is 72.2 Å². The number of Topliss-reactive ketones (excluding diaryl/α,β-unsaturated/α-hetero) is 1. The summed E-state index contributed by atoms with van der Waals surface area (Å²) in [6, 6.07) is 10.9. The van der Waals surface area contributed by atoms with Gasteiger partial charge in [0.15, 0.2) is 76.5 Å². The van der Waals surface area contributed by atoms with Gasteiger partial charge < -0.3 is 60.8 Å². The average Bonchev–Trinajstić information content (AvgIpc) is 1.56. The molecule has 9 heterocycles. The van der Waals surface area contributed by atoms with Crippen molar-refractivity contribution in [3.63, 3.8) is 0 Å². The quantitative estimate of drug-likeness (QED) is 0.0168. The minimum absolute atomic E-state index is 0.0303. The number of nitrogens with two attached hydrogens (primary N) is 7. The summed E-state index contributed by atoms with van der Waals surface area (Å²) in [5.74, 6) is -10.4. The zero-order valence-corrected chi connectivity index (χ0v) is 63.5. The number of aliphatic hydroxyl groups is 2. The molecule has 9 aromatic heterocycles. The number of alkyl halides is 1. The number of halogens is 17. The van der Waals surface area contributed by atoms with Crippen LogP contribution in [0.2, 0.25) is 0 Å². The summed E-state index contributed by atoms with van der Waals surface area (Å²) in [5, 5.41) is 51.0. The van der Waals surface area contributed by atoms with Gasteiger partial charge in [-0.1, -0.05) is 0 Å². The number of aromatic carboxylic acids is 1. The van der Waals surface area contributed by atoms with E-state index in [9.17, 15) is 67.2 Å². The van der Waals surface area contributed by atoms with Gasteiger partial charge in [0, 0.05) is 62.8 Å². The molecule has 0 aliphatic rings. The highest BCUT2D eigenvalue weighted by molar-refractivity contribution is 8.24. The van der Waals surface area contributed by atoms with Gasteiger partial charge in [0.2, 0.25) is 29.7 Å². The molecule has 15 aromatic rings. The standard InChI is InChI=1S/C11H9ClFN5.C11H10F2N4O2.C10H6F2N6.C10H7F2N5O.C8H5F2N3O.C7H5F2NO2.C2H3N3.CH2N2.Cl3OP.Cl2.OS/c1-5-2-6(13)3-7-9(5)16-11(14)18-10(7)15-8(4-12)17-18;12-5-1-7-9(8(13)2-5)16-11(14)17-10(7)15-3-6(19)4-18;11-5-1-6-8(7(12)2-5)16-10(13)17-9(6)18-4-14-3-15-18;11-4-1-5-8(6(12)2-4)15-10(13)17-9(5)14-7(3-18)16-17;9-3-1-4-6(5(10)2-3)12-8(11)13-7(4)14;8-3-1-4(9)6(7(11)12)5(10)2-3;1-3-2-5-4-1;2-1-3;1-5(2,3)4;2*1-2/h2-3H,4H2,1H3,(H2,14,16);1-2,18H,3-4H2,(H3,14,15,16,17);1-4H,(H2,13,16,17);1-2,18H,3H2,(H2,13,15);1-2H,(H3,11,12,13,14);1-2H,10H2,(H,11,12);1-2H,(H,3,4,5);2H2;;;. The number of nitrogen functional groups attached to an aromatic ring is 6. The van der Waals surface area contributed by atoms with E-state index in [1.54, 1.807) is 6.92 Å². The molecule has 15 rings (SSSR count). The van der Waals surface area contributed by atoms with E-state index in [2.05, 4.69) is 164 Å². The summed E-state index contributed by atoms with van der Waals surface area (Å²) in [5.41, 5.74) is 36.4. The number of carboxylic acids is 1. The number of carbonyl (C=O) groups excluding carboxylic acids is 1. The van der Waals surface area contributed by atoms with E-state index in [1.807, 2.05) is 0 Å². The van der Waals surface area contributed by atoms with Crippen molar-refractivity contribution in [1.29, 1.82) is 5.26 Å². The predicted molar refractivity (Wildman–Crippen MR) is 404 cm³/mol. The van der Waals surface area contributed by atoms with Gasteiger partial charge >= 0.3 is 11.2 Å². The Labute approximate surface area is 671 Å². The predicted octanol–water partition coefficient (Wildman–Crippen LogP) is 9.32. The van der Waals surface area contributed by atoms with Gasteiger partial charge in [-0.25, -0.2) is 103 Å². The van der Waals surface area contributed by atoms with Crippen LogP contribution in [0.15, 0.2) is 103 Å². The number of aromatic nitrogens is 20. The van der Waals surface area contributed by atoms with Gasteiger partial charge in [-0.2, -0.15) is 38.7 Å². The number of carbonyl (C=O) groups is 2. The second kappa shape index (κ2) is 43.5. The van der Waals surface area contributed by atoms with E-state index in [-0.39, 0.29) is 115 Å². The molecule has 56 heteroatoms. The summed E-state index contributed by atoms with van der Waals surface area (Å²) in [7, 11) is 8.22. The molecule has 0 aliphatic carbocycles. The Hall–Kier alpha value is -12.8. The Morgan fingerprint density at radius 1 is 0.595 bits per heavy atom. The molecule has 0 aliphatic heterocycles. The number of aryl methyl sites for hydroxylation is 1. The molecular weight excluding hydrogens is 1740 g/mol. The number of aromatic amines is 2. The molecule has 0 spiro atoms. The molecule has 0 bridgehead atoms. The number of carboxylic acid groups (broad SMARTS) is 1. The molecule has 0 atom stereocenters. The van der Waals surface area contributed by atoms with Crippen LogP contribution < -0.4 is 51.0 Å². The summed E-state index contributed by atoms with van der Waals surface area (Å²) >= 11 is 22.4. The first-order valence-electron chi connectivity index (χ1n) is 30.0. The molecule has 37 nitrogen and oxygen atoms in total. The minimum atomic E-state index is -3.22. The average molecular weight is 1790 g/mol. The van der Waals surface area contributed by atoms with Crippen LogP contribution in [0.3, 0.4) is 0 Å². The van der Waals surface area contributed by atoms with Crippen molar-refractivity contribution in [1.82, 2.24) is 99.0 Å². The summed E-state index contributed by atoms with van der Waals surface area (Å²) in [4.78, 5) is 76.9. The highest BCUT2D eigenvalue weighted by atomic mass is 36.5. The molecular formula is C60H47Cl6F11N29O8PS. The van der Waals surface area contributed by atoms with E-state index < -0.39 is 105 Å². The number of hydrogen-bond acceptors (Lipinski definition) is 32. The lowest BCUT2D eigenvalue weighted by atomic mass is 10.1. The van der Waals surface area contributed by atoms with Crippen LogP contribution in [0.1, 0.15) is 27.6 Å². The highest BCUT2D eigenvalue weighted by Gasteiger charge is 2.20. The largest absolute Gasteiger partial charge is 0.478 e. The Bertz CT molecular complexity index is 5980. The monoisotopic (exact) mass is 1780 g/mol. The molecule has 6 aromatic carbocycles. The summed E-state index contributed by atoms with van der Waals surface area (Å²) in [6.07, 6.45) is 6.84. The number of hydrogen-bond donors (Lipinski definition) is 13. The minimum Gasteiger partial charge on any atom is -0.478 e. The molecule has 610 valence electrons. The number of nitriles is 1. The number of nitrogens with one attached hydrogen (secondary N) is 3. The van der Waals surface area contributed by atoms with Crippen LogP contribution in [0.25, 0.3) is 71.6 Å². The molecule has 0 fully saturated rings. The second-order valence-corrected chi connectivity index (χ2v) is 27.9. The van der Waals surface area contributed by atoms with Crippen LogP contribution in [-0.4, -0.2) is 143 Å². The Morgan fingerprint density at radius 2 is 1.03 bits per heavy atom. The Balaban J connectivity index is 0.000000239. The molecule has 0 radical (unpaired) electrons. The number of fused-ring (bicyclic) bond motifs is 9. The second-order valence-electron chi connectivity index (χ2n) is 21.0. The lowest BCUT2D eigenvalue weighted by Gasteiger charge is -2.09. The van der Waals surface area contributed by atoms with Gasteiger partial charge in [-0.15, -0.1) is 21.8 Å². The zero-order chi connectivity index (χ0) is 86.7. The molecule has 0 saturated heterocycles. The van der Waals surface area contributed by atoms with Crippen molar-refractivity contribution >= 4 is 204 Å². The number of aliphatic hydroxyl groups excluding tert-OH is 2. The van der Waals surface area contributed by atoms with E-state index in [4.69, 9.17) is 70.8 Å². The van der Waals surface area contributed by atoms with Crippen LogP contribution in [-0.2, 0) is 34.4 Å². The Kier molecular flexibility index (Phi) is 35.1. The van der Waals surface area contributed by atoms with Crippen molar-refractivity contribution in [2.45, 2.75) is 19.4 Å². The fourth-order valence-corrected chi connectivity index (χ4v) is 9.21. The maximum atomic E-state index is 13.6. The van der Waals surface area contributed by atoms with E-state index >= 15 is 0 Å². The van der Waals surface area contributed by atoms with Crippen LogP contribution in [0, 0.1) is 82.4 Å². The van der Waals surface area contributed by atoms with Crippen molar-refractivity contribution < 1.29 is 82.0 Å². The van der Waals surface area contributed by atoms with E-state index in [1.165, 1.54) is 52.8 Å². The number of nitrogens with zero attached hydrogens (tertiary/aromatic N) is 19. The number of ketones is 1. The van der Waals surface area contributed by atoms with Gasteiger partial charge in [0.1, 0.15) is 113 Å². The third-order valence-electron chi connectivity index (χ3n) is 13.3. The summed E-state index contributed by atoms with van der Waals surface area (Å²) < 4.78 is 166. The first-order chi connectivity index (χ1) is 54.9. The van der Waals surface area contributed by atoms with Crippen molar-refractivity contribution in [2.24, 2.45) is 5.73 Å². The summed E-state index contributed by atoms with van der Waals surface area (Å²) in [6.45, 7) is 0.488. The van der Waals surface area contributed by atoms with E-state index in [0.29, 0.717) is 52.2 Å². The third kappa shape index (κ3) is 25.9. The van der Waals surface area contributed by atoms with E-state index in [0.717, 1.165) is 40.9 Å². The third-order valence-corrected chi connectivity index (χ3v) is 13.6. The van der Waals surface area contributed by atoms with Crippen LogP contribution in [0.5, 0.6) is 0 Å². The van der Waals surface area contributed by atoms with Gasteiger partial charge in [-0.05, 0) is 88.7 Å². The first-order valence-corrected chi connectivity index (χ1v) is 36.4. The van der Waals surface area contributed by atoms with Gasteiger partial charge in [-0.3, -0.25) is 24.2 Å². The smallest absolute Gasteiger partial charge is 0.340 e. The van der Waals surface area contributed by atoms with Gasteiger partial charge in [0.05, 0.1) is 39.8 Å². The number of benzene rings is 6. The zero-order valence-electron chi connectivity index (χ0n) is 57.3. The molecule has 116 heavy (non-hydrogen) atoms. The molecule has 0 amide bonds.